The SMILES string of the molecule is CC(C)(C)[Si](C)(C)OCc1cc(N)n(C2CC2)n1. The summed E-state index contributed by atoms with van der Waals surface area (Å²) < 4.78 is 8.10. The third-order valence-corrected chi connectivity index (χ3v) is 8.57. The van der Waals surface area contributed by atoms with Crippen molar-refractivity contribution in [2.45, 2.75) is 64.4 Å². The largest absolute Gasteiger partial charge is 0.411 e. The maximum absolute atomic E-state index is 6.16. The lowest BCUT2D eigenvalue weighted by atomic mass is 10.2. The Morgan fingerprint density at radius 2 is 2.06 bits per heavy atom. The number of hydrogen-bond donors (Lipinski definition) is 1. The molecule has 0 radical (unpaired) electrons. The van der Waals surface area contributed by atoms with Crippen LogP contribution in [0.1, 0.15) is 45.3 Å². The van der Waals surface area contributed by atoms with E-state index >= 15 is 0 Å². The predicted molar refractivity (Wildman–Crippen MR) is 76.9 cm³/mol. The van der Waals surface area contributed by atoms with Gasteiger partial charge in [-0.2, -0.15) is 5.10 Å². The molecular formula is C13H25N3OSi. The number of nitrogen functional groups attached to an aromatic ring is 1. The Morgan fingerprint density at radius 1 is 1.44 bits per heavy atom. The van der Waals surface area contributed by atoms with Crippen LogP contribution in [0, 0.1) is 0 Å². The summed E-state index contributed by atoms with van der Waals surface area (Å²) in [4.78, 5) is 0. The molecule has 5 heteroatoms. The zero-order chi connectivity index (χ0) is 13.6. The molecule has 0 saturated heterocycles. The van der Waals surface area contributed by atoms with E-state index in [0.717, 1.165) is 11.5 Å². The monoisotopic (exact) mass is 267 g/mol. The van der Waals surface area contributed by atoms with Crippen molar-refractivity contribution in [1.29, 1.82) is 0 Å². The van der Waals surface area contributed by atoms with Crippen molar-refractivity contribution in [2.24, 2.45) is 0 Å². The van der Waals surface area contributed by atoms with Gasteiger partial charge < -0.3 is 10.2 Å². The molecule has 2 rings (SSSR count). The lowest BCUT2D eigenvalue weighted by molar-refractivity contribution is 0.270. The summed E-state index contributed by atoms with van der Waals surface area (Å²) in [6.07, 6.45) is 2.41. The average molecular weight is 267 g/mol. The average Bonchev–Trinajstić information content (AvgIpc) is 2.99. The molecule has 0 spiro atoms. The predicted octanol–water partition coefficient (Wildman–Crippen LogP) is 3.32. The first-order valence-corrected chi connectivity index (χ1v) is 9.59. The second-order valence-corrected chi connectivity index (χ2v) is 11.6. The van der Waals surface area contributed by atoms with Crippen molar-refractivity contribution in [3.63, 3.8) is 0 Å². The van der Waals surface area contributed by atoms with Crippen LogP contribution >= 0.6 is 0 Å². The van der Waals surface area contributed by atoms with E-state index in [4.69, 9.17) is 10.2 Å². The van der Waals surface area contributed by atoms with Gasteiger partial charge in [0.25, 0.3) is 0 Å². The van der Waals surface area contributed by atoms with Crippen molar-refractivity contribution < 1.29 is 4.43 Å². The number of aromatic nitrogens is 2. The van der Waals surface area contributed by atoms with E-state index in [0.29, 0.717) is 12.6 Å². The topological polar surface area (TPSA) is 53.1 Å². The van der Waals surface area contributed by atoms with Crippen LogP contribution in [0.2, 0.25) is 18.1 Å². The van der Waals surface area contributed by atoms with E-state index in [-0.39, 0.29) is 5.04 Å². The van der Waals surface area contributed by atoms with Crippen molar-refractivity contribution in [2.75, 3.05) is 5.73 Å². The molecule has 0 aliphatic heterocycles. The summed E-state index contributed by atoms with van der Waals surface area (Å²) in [5.74, 6) is 0.770. The number of hydrogen-bond acceptors (Lipinski definition) is 3. The smallest absolute Gasteiger partial charge is 0.192 e. The third kappa shape index (κ3) is 2.78. The molecule has 4 nitrogen and oxygen atoms in total. The molecule has 0 unspecified atom stereocenters. The quantitative estimate of drug-likeness (QED) is 0.851. The molecule has 1 aromatic rings. The first-order valence-electron chi connectivity index (χ1n) is 6.68. The Bertz CT molecular complexity index is 430. The molecule has 1 saturated carbocycles. The van der Waals surface area contributed by atoms with Crippen molar-refractivity contribution in [1.82, 2.24) is 9.78 Å². The first-order chi connectivity index (χ1) is 8.21. The fraction of sp³-hybridized carbons (Fsp3) is 0.769. The summed E-state index contributed by atoms with van der Waals surface area (Å²) in [5.41, 5.74) is 6.93. The van der Waals surface area contributed by atoms with Gasteiger partial charge in [0.1, 0.15) is 5.82 Å². The molecule has 18 heavy (non-hydrogen) atoms. The van der Waals surface area contributed by atoms with E-state index in [1.165, 1.54) is 12.8 Å². The molecule has 0 bridgehead atoms. The van der Waals surface area contributed by atoms with Gasteiger partial charge in [-0.3, -0.25) is 0 Å². The zero-order valence-corrected chi connectivity index (χ0v) is 13.2. The van der Waals surface area contributed by atoms with Gasteiger partial charge >= 0.3 is 0 Å². The molecule has 102 valence electrons. The number of rotatable bonds is 4. The summed E-state index contributed by atoms with van der Waals surface area (Å²) in [6, 6.07) is 2.48. The highest BCUT2D eigenvalue weighted by Gasteiger charge is 2.37. The fourth-order valence-electron chi connectivity index (χ4n) is 1.61. The van der Waals surface area contributed by atoms with Gasteiger partial charge in [-0.25, -0.2) is 4.68 Å². The minimum absolute atomic E-state index is 0.234. The van der Waals surface area contributed by atoms with Gasteiger partial charge in [0.05, 0.1) is 18.3 Å². The number of nitrogens with two attached hydrogens (primary N) is 1. The highest BCUT2D eigenvalue weighted by atomic mass is 28.4. The van der Waals surface area contributed by atoms with Gasteiger partial charge in [0, 0.05) is 6.07 Å². The second kappa shape index (κ2) is 4.38. The van der Waals surface area contributed by atoms with Gasteiger partial charge in [0.2, 0.25) is 0 Å². The van der Waals surface area contributed by atoms with Crippen LogP contribution in [0.25, 0.3) is 0 Å². The molecule has 1 aliphatic rings. The molecular weight excluding hydrogens is 242 g/mol. The lowest BCUT2D eigenvalue weighted by Gasteiger charge is -2.35. The fourth-order valence-corrected chi connectivity index (χ4v) is 2.56. The molecule has 0 atom stereocenters. The van der Waals surface area contributed by atoms with Crippen LogP contribution in [0.15, 0.2) is 6.07 Å². The maximum Gasteiger partial charge on any atom is 0.192 e. The van der Waals surface area contributed by atoms with E-state index in [1.54, 1.807) is 0 Å². The highest BCUT2D eigenvalue weighted by molar-refractivity contribution is 6.74. The molecule has 1 heterocycles. The van der Waals surface area contributed by atoms with Crippen LogP contribution in [0.3, 0.4) is 0 Å². The van der Waals surface area contributed by atoms with E-state index in [9.17, 15) is 0 Å². The van der Waals surface area contributed by atoms with E-state index in [2.05, 4.69) is 39.0 Å². The second-order valence-electron chi connectivity index (χ2n) is 6.79. The van der Waals surface area contributed by atoms with E-state index in [1.807, 2.05) is 10.7 Å². The molecule has 2 N–H and O–H groups in total. The third-order valence-electron chi connectivity index (χ3n) is 4.10. The number of anilines is 1. The minimum Gasteiger partial charge on any atom is -0.411 e. The maximum atomic E-state index is 6.16. The summed E-state index contributed by atoms with van der Waals surface area (Å²) >= 11 is 0. The van der Waals surface area contributed by atoms with Crippen LogP contribution in [-0.2, 0) is 11.0 Å². The van der Waals surface area contributed by atoms with Crippen LogP contribution in [0.4, 0.5) is 5.82 Å². The van der Waals surface area contributed by atoms with Crippen LogP contribution in [0.5, 0.6) is 0 Å². The van der Waals surface area contributed by atoms with Crippen molar-refractivity contribution >= 4 is 14.1 Å². The van der Waals surface area contributed by atoms with Gasteiger partial charge in [-0.15, -0.1) is 0 Å². The Hall–Kier alpha value is -0.813. The summed E-state index contributed by atoms with van der Waals surface area (Å²) in [7, 11) is -1.70. The first kappa shape index (κ1) is 13.6. The van der Waals surface area contributed by atoms with Crippen LogP contribution in [-0.4, -0.2) is 18.1 Å². The molecule has 1 aromatic heterocycles. The van der Waals surface area contributed by atoms with Gasteiger partial charge in [0.15, 0.2) is 8.32 Å². The van der Waals surface area contributed by atoms with Gasteiger partial charge in [-0.1, -0.05) is 20.8 Å². The lowest BCUT2D eigenvalue weighted by Crippen LogP contribution is -2.40. The summed E-state index contributed by atoms with van der Waals surface area (Å²) in [6.45, 7) is 11.8. The molecule has 0 amide bonds. The zero-order valence-electron chi connectivity index (χ0n) is 12.2. The Balaban J connectivity index is 2.00. The standard InChI is InChI=1S/C13H25N3OSi/c1-13(2,3)18(4,5)17-9-10-8-12(14)16(15-10)11-6-7-11/h8,11H,6-7,9,14H2,1-5H3. The Kier molecular flexibility index (Phi) is 3.31. The van der Waals surface area contributed by atoms with Gasteiger partial charge in [-0.05, 0) is 31.0 Å². The van der Waals surface area contributed by atoms with Crippen molar-refractivity contribution in [3.8, 4) is 0 Å². The summed E-state index contributed by atoms with van der Waals surface area (Å²) in [5, 5.41) is 4.78. The molecule has 1 fully saturated rings. The molecule has 1 aliphatic carbocycles. The minimum atomic E-state index is -1.70. The van der Waals surface area contributed by atoms with Crippen molar-refractivity contribution in [3.05, 3.63) is 11.8 Å². The van der Waals surface area contributed by atoms with E-state index < -0.39 is 8.32 Å². The molecule has 0 aromatic carbocycles. The highest BCUT2D eigenvalue weighted by Crippen LogP contribution is 2.38. The normalized spacial score (nSPS) is 17.2. The van der Waals surface area contributed by atoms with Crippen LogP contribution < -0.4 is 5.73 Å². The Morgan fingerprint density at radius 3 is 2.56 bits per heavy atom. The number of nitrogens with zero attached hydrogens (tertiary/aromatic N) is 2. The Labute approximate surface area is 111 Å².